The molecule has 0 heterocycles. The summed E-state index contributed by atoms with van der Waals surface area (Å²) < 4.78 is 10.2. The number of ketones is 2. The van der Waals surface area contributed by atoms with Gasteiger partial charge < -0.3 is 9.47 Å². The molecular formula is C14H20O5. The van der Waals surface area contributed by atoms with Gasteiger partial charge in [0.25, 0.3) is 0 Å². The monoisotopic (exact) mass is 268 g/mol. The first-order valence-corrected chi connectivity index (χ1v) is 6.35. The van der Waals surface area contributed by atoms with E-state index in [0.717, 1.165) is 0 Å². The second-order valence-electron chi connectivity index (χ2n) is 4.96. The second-order valence-corrected chi connectivity index (χ2v) is 4.96. The Morgan fingerprint density at radius 1 is 1.47 bits per heavy atom. The highest BCUT2D eigenvalue weighted by Gasteiger charge is 2.50. The summed E-state index contributed by atoms with van der Waals surface area (Å²) in [5.74, 6) is -2.18. The minimum atomic E-state index is -1.73. The summed E-state index contributed by atoms with van der Waals surface area (Å²) in [6, 6.07) is 0. The first-order chi connectivity index (χ1) is 8.77. The lowest BCUT2D eigenvalue weighted by atomic mass is 9.81. The molecule has 0 saturated carbocycles. The molecule has 0 spiro atoms. The molecule has 0 aromatic rings. The lowest BCUT2D eigenvalue weighted by Crippen LogP contribution is -2.53. The van der Waals surface area contributed by atoms with Crippen molar-refractivity contribution < 1.29 is 23.9 Å². The largest absolute Gasteiger partial charge is 0.500 e. The summed E-state index contributed by atoms with van der Waals surface area (Å²) in [5.41, 5.74) is -1.73. The van der Waals surface area contributed by atoms with Gasteiger partial charge >= 0.3 is 5.97 Å². The Bertz CT molecular complexity index is 437. The molecule has 0 aromatic heterocycles. The number of Topliss-reactive ketones (excluding diaryl/α,β-unsaturated/α-hetero) is 1. The second kappa shape index (κ2) is 5.55. The number of ether oxygens (including phenoxy) is 2. The highest BCUT2D eigenvalue weighted by atomic mass is 16.6. The summed E-state index contributed by atoms with van der Waals surface area (Å²) in [5, 5.41) is 0. The number of carbonyl (C=O) groups excluding carboxylic acids is 3. The van der Waals surface area contributed by atoms with Gasteiger partial charge in [-0.2, -0.15) is 0 Å². The number of carbonyl (C=O) groups is 3. The standard InChI is InChI=1S/C14H20O5/c1-6-8(2)13(17)19-14(4)11(15)7-10(18-5)9(3)12(14)16/h7-9H,6H2,1-5H3/t8-,9-,14-/m1/s1. The van der Waals surface area contributed by atoms with Crippen molar-refractivity contribution in [3.8, 4) is 0 Å². The zero-order valence-electron chi connectivity index (χ0n) is 12.0. The van der Waals surface area contributed by atoms with Gasteiger partial charge in [0.05, 0.1) is 18.9 Å². The highest BCUT2D eigenvalue weighted by molar-refractivity contribution is 6.19. The third-order valence-electron chi connectivity index (χ3n) is 3.59. The van der Waals surface area contributed by atoms with Gasteiger partial charge in [-0.3, -0.25) is 14.4 Å². The van der Waals surface area contributed by atoms with E-state index in [1.807, 2.05) is 6.92 Å². The van der Waals surface area contributed by atoms with Crippen LogP contribution in [0.4, 0.5) is 0 Å². The van der Waals surface area contributed by atoms with Crippen LogP contribution in [0.2, 0.25) is 0 Å². The Kier molecular flexibility index (Phi) is 4.50. The van der Waals surface area contributed by atoms with Crippen LogP contribution in [0.15, 0.2) is 11.8 Å². The topological polar surface area (TPSA) is 69.7 Å². The van der Waals surface area contributed by atoms with Gasteiger partial charge in [0, 0.05) is 6.08 Å². The fourth-order valence-electron chi connectivity index (χ4n) is 1.86. The van der Waals surface area contributed by atoms with E-state index in [1.165, 1.54) is 20.1 Å². The quantitative estimate of drug-likeness (QED) is 0.573. The Hall–Kier alpha value is -1.65. The molecule has 1 rings (SSSR count). The summed E-state index contributed by atoms with van der Waals surface area (Å²) in [7, 11) is 1.40. The van der Waals surface area contributed by atoms with Gasteiger partial charge in [-0.15, -0.1) is 0 Å². The molecule has 0 fully saturated rings. The van der Waals surface area contributed by atoms with Crippen LogP contribution in [0.3, 0.4) is 0 Å². The van der Waals surface area contributed by atoms with Crippen LogP contribution in [-0.4, -0.2) is 30.2 Å². The van der Waals surface area contributed by atoms with Crippen molar-refractivity contribution >= 4 is 17.5 Å². The molecule has 0 aromatic carbocycles. The van der Waals surface area contributed by atoms with Gasteiger partial charge in [0.2, 0.25) is 11.4 Å². The summed E-state index contributed by atoms with van der Waals surface area (Å²) in [4.78, 5) is 36.1. The van der Waals surface area contributed by atoms with Crippen LogP contribution in [0.25, 0.3) is 0 Å². The number of hydrogen-bond donors (Lipinski definition) is 0. The van der Waals surface area contributed by atoms with Crippen LogP contribution in [0.1, 0.15) is 34.1 Å². The Morgan fingerprint density at radius 2 is 2.05 bits per heavy atom. The number of allylic oxidation sites excluding steroid dienone is 1. The molecule has 0 unspecified atom stereocenters. The lowest BCUT2D eigenvalue weighted by molar-refractivity contribution is -0.175. The van der Waals surface area contributed by atoms with E-state index in [9.17, 15) is 14.4 Å². The molecule has 3 atom stereocenters. The maximum absolute atomic E-state index is 12.3. The molecule has 0 aliphatic heterocycles. The third kappa shape index (κ3) is 2.69. The molecule has 0 amide bonds. The molecule has 0 N–H and O–H groups in total. The third-order valence-corrected chi connectivity index (χ3v) is 3.59. The maximum atomic E-state index is 12.3. The van der Waals surface area contributed by atoms with Gasteiger partial charge in [0.15, 0.2) is 5.78 Å². The highest BCUT2D eigenvalue weighted by Crippen LogP contribution is 2.30. The van der Waals surface area contributed by atoms with Gasteiger partial charge in [0.1, 0.15) is 5.76 Å². The van der Waals surface area contributed by atoms with Crippen molar-refractivity contribution in [1.82, 2.24) is 0 Å². The number of esters is 1. The van der Waals surface area contributed by atoms with E-state index in [0.29, 0.717) is 12.2 Å². The average Bonchev–Trinajstić information content (AvgIpc) is 2.39. The molecule has 106 valence electrons. The van der Waals surface area contributed by atoms with E-state index in [1.54, 1.807) is 13.8 Å². The SMILES string of the molecule is CC[C@@H](C)C(=O)O[C@]1(C)C(=O)C=C(OC)[C@@H](C)C1=O. The Labute approximate surface area is 112 Å². The zero-order chi connectivity index (χ0) is 14.8. The first kappa shape index (κ1) is 15.4. The van der Waals surface area contributed by atoms with Crippen molar-refractivity contribution in [2.45, 2.75) is 39.7 Å². The minimum Gasteiger partial charge on any atom is -0.500 e. The Balaban J connectivity index is 3.05. The summed E-state index contributed by atoms with van der Waals surface area (Å²) in [6.45, 7) is 6.50. The van der Waals surface area contributed by atoms with E-state index in [4.69, 9.17) is 9.47 Å². The smallest absolute Gasteiger partial charge is 0.310 e. The van der Waals surface area contributed by atoms with Gasteiger partial charge in [-0.1, -0.05) is 13.8 Å². The van der Waals surface area contributed by atoms with Crippen molar-refractivity contribution in [3.05, 3.63) is 11.8 Å². The van der Waals surface area contributed by atoms with Crippen molar-refractivity contribution in [2.24, 2.45) is 11.8 Å². The van der Waals surface area contributed by atoms with Crippen molar-refractivity contribution in [2.75, 3.05) is 7.11 Å². The van der Waals surface area contributed by atoms with Crippen molar-refractivity contribution in [3.63, 3.8) is 0 Å². The zero-order valence-corrected chi connectivity index (χ0v) is 12.0. The van der Waals surface area contributed by atoms with Crippen LogP contribution < -0.4 is 0 Å². The molecule has 1 aliphatic rings. The molecule has 0 saturated heterocycles. The van der Waals surface area contributed by atoms with E-state index < -0.39 is 29.1 Å². The fraction of sp³-hybridized carbons (Fsp3) is 0.643. The van der Waals surface area contributed by atoms with E-state index in [2.05, 4.69) is 0 Å². The van der Waals surface area contributed by atoms with Crippen molar-refractivity contribution in [1.29, 1.82) is 0 Å². The fourth-order valence-corrected chi connectivity index (χ4v) is 1.86. The number of hydrogen-bond acceptors (Lipinski definition) is 5. The molecule has 0 bridgehead atoms. The molecular weight excluding hydrogens is 248 g/mol. The average molecular weight is 268 g/mol. The predicted molar refractivity (Wildman–Crippen MR) is 68.2 cm³/mol. The number of methoxy groups -OCH3 is 1. The Morgan fingerprint density at radius 3 is 2.53 bits per heavy atom. The summed E-state index contributed by atoms with van der Waals surface area (Å²) in [6.07, 6.45) is 1.82. The molecule has 19 heavy (non-hydrogen) atoms. The number of rotatable bonds is 4. The normalized spacial score (nSPS) is 28.7. The van der Waals surface area contributed by atoms with E-state index in [-0.39, 0.29) is 5.92 Å². The molecule has 5 nitrogen and oxygen atoms in total. The van der Waals surface area contributed by atoms with E-state index >= 15 is 0 Å². The van der Waals surface area contributed by atoms with Crippen LogP contribution in [0.5, 0.6) is 0 Å². The maximum Gasteiger partial charge on any atom is 0.310 e. The summed E-state index contributed by atoms with van der Waals surface area (Å²) >= 11 is 0. The molecule has 0 radical (unpaired) electrons. The van der Waals surface area contributed by atoms with Gasteiger partial charge in [-0.05, 0) is 20.3 Å². The lowest BCUT2D eigenvalue weighted by Gasteiger charge is -2.33. The molecule has 1 aliphatic carbocycles. The predicted octanol–water partition coefficient (Wildman–Crippen LogP) is 1.65. The van der Waals surface area contributed by atoms with Crippen LogP contribution in [0, 0.1) is 11.8 Å². The van der Waals surface area contributed by atoms with Gasteiger partial charge in [-0.25, -0.2) is 0 Å². The minimum absolute atomic E-state index is 0.298. The first-order valence-electron chi connectivity index (χ1n) is 6.35. The van der Waals surface area contributed by atoms with Crippen LogP contribution in [-0.2, 0) is 23.9 Å². The molecule has 5 heteroatoms. The van der Waals surface area contributed by atoms with Crippen LogP contribution >= 0.6 is 0 Å².